The van der Waals surface area contributed by atoms with E-state index in [0.29, 0.717) is 18.4 Å². The van der Waals surface area contributed by atoms with Crippen LogP contribution in [0.5, 0.6) is 11.5 Å². The van der Waals surface area contributed by atoms with E-state index < -0.39 is 24.1 Å². The zero-order valence-electron chi connectivity index (χ0n) is 18.0. The minimum atomic E-state index is -5.47. The predicted octanol–water partition coefficient (Wildman–Crippen LogP) is 3.48. The molecule has 0 N–H and O–H groups in total. The highest BCUT2D eigenvalue weighted by Crippen LogP contribution is 2.49. The molecule has 1 aromatic carbocycles. The topological polar surface area (TPSA) is 139 Å². The predicted molar refractivity (Wildman–Crippen MR) is 112 cm³/mol. The summed E-state index contributed by atoms with van der Waals surface area (Å²) >= 11 is 0. The van der Waals surface area contributed by atoms with Gasteiger partial charge in [-0.05, 0) is 63.1 Å². The van der Waals surface area contributed by atoms with Gasteiger partial charge in [0, 0.05) is 11.5 Å². The second-order valence-corrected chi connectivity index (χ2v) is 10.1. The zero-order chi connectivity index (χ0) is 23.4. The molecule has 2 atom stereocenters. The maximum absolute atomic E-state index is 11.5. The van der Waals surface area contributed by atoms with E-state index in [2.05, 4.69) is 6.58 Å². The van der Waals surface area contributed by atoms with Gasteiger partial charge in [-0.25, -0.2) is 8.42 Å². The third kappa shape index (κ3) is 7.77. The lowest BCUT2D eigenvalue weighted by atomic mass is 9.73. The molecule has 1 aliphatic carbocycles. The first-order chi connectivity index (χ1) is 14.3. The number of phosphoric acid groups is 1. The summed E-state index contributed by atoms with van der Waals surface area (Å²) < 4.78 is 55.3. The number of aryl methyl sites for hydroxylation is 1. The molecule has 0 aliphatic heterocycles. The lowest BCUT2D eigenvalue weighted by molar-refractivity contribution is -0.333. The second kappa shape index (κ2) is 10.3. The first kappa shape index (κ1) is 25.6. The van der Waals surface area contributed by atoms with Crippen LogP contribution >= 0.6 is 7.82 Å². The average Bonchev–Trinajstić information content (AvgIpc) is 2.58. The Morgan fingerprint density at radius 1 is 1.26 bits per heavy atom. The van der Waals surface area contributed by atoms with Crippen LogP contribution in [0.25, 0.3) is 0 Å². The van der Waals surface area contributed by atoms with Crippen LogP contribution in [0.1, 0.15) is 69.9 Å². The average molecular weight is 471 g/mol. The molecule has 1 aliphatic rings. The summed E-state index contributed by atoms with van der Waals surface area (Å²) in [4.78, 5) is 23.0. The van der Waals surface area contributed by atoms with Crippen LogP contribution in [0.15, 0.2) is 35.9 Å². The van der Waals surface area contributed by atoms with Gasteiger partial charge >= 0.3 is 0 Å². The Bertz CT molecular complexity index is 993. The number of phosphoric ester groups is 1. The molecule has 31 heavy (non-hydrogen) atoms. The van der Waals surface area contributed by atoms with Gasteiger partial charge in [0.1, 0.15) is 19.3 Å². The smallest absolute Gasteiger partial charge is 0.262 e. The van der Waals surface area contributed by atoms with E-state index in [-0.39, 0.29) is 23.0 Å². The Morgan fingerprint density at radius 2 is 1.90 bits per heavy atom. The van der Waals surface area contributed by atoms with Crippen molar-refractivity contribution in [2.75, 3.05) is 0 Å². The first-order valence-electron chi connectivity index (χ1n) is 10.2. The molecule has 2 rings (SSSR count). The molecule has 0 unspecified atom stereocenters. The molecule has 0 saturated carbocycles. The van der Waals surface area contributed by atoms with Crippen molar-refractivity contribution in [2.24, 2.45) is 5.92 Å². The number of allylic oxidation sites excluding steroid dienone is 3. The maximum atomic E-state index is 11.5. The van der Waals surface area contributed by atoms with Gasteiger partial charge in [0.25, 0.3) is 10.4 Å². The van der Waals surface area contributed by atoms with Crippen molar-refractivity contribution in [3.8, 4) is 11.5 Å². The molecular formula is C21H28O8PS-3. The van der Waals surface area contributed by atoms with Crippen molar-refractivity contribution in [1.29, 1.82) is 0 Å². The Kier molecular flexibility index (Phi) is 8.53. The monoisotopic (exact) mass is 471 g/mol. The highest BCUT2D eigenvalue weighted by Gasteiger charge is 2.32. The van der Waals surface area contributed by atoms with Crippen LogP contribution in [0.4, 0.5) is 0 Å². The van der Waals surface area contributed by atoms with Crippen LogP contribution in [0.3, 0.4) is 0 Å². The Labute approximate surface area is 184 Å². The molecule has 1 aromatic rings. The van der Waals surface area contributed by atoms with E-state index in [1.54, 1.807) is 0 Å². The fourth-order valence-electron chi connectivity index (χ4n) is 3.99. The molecule has 8 nitrogen and oxygen atoms in total. The summed E-state index contributed by atoms with van der Waals surface area (Å²) in [5, 5.41) is 0. The largest absolute Gasteiger partial charge is 0.780 e. The molecule has 0 amide bonds. The van der Waals surface area contributed by atoms with E-state index in [4.69, 9.17) is 8.71 Å². The van der Waals surface area contributed by atoms with E-state index in [1.165, 1.54) is 12.1 Å². The Hall–Kier alpha value is -1.64. The second-order valence-electron chi connectivity index (χ2n) is 8.02. The van der Waals surface area contributed by atoms with Crippen LogP contribution in [0.2, 0.25) is 0 Å². The molecule has 10 heteroatoms. The van der Waals surface area contributed by atoms with Crippen molar-refractivity contribution < 1.29 is 36.0 Å². The third-order valence-electron chi connectivity index (χ3n) is 5.35. The van der Waals surface area contributed by atoms with Gasteiger partial charge in [-0.1, -0.05) is 43.6 Å². The summed E-state index contributed by atoms with van der Waals surface area (Å²) in [6.45, 7) is 9.69. The summed E-state index contributed by atoms with van der Waals surface area (Å²) in [5.41, 5.74) is 2.32. The summed E-state index contributed by atoms with van der Waals surface area (Å²) in [5.74, 6) is -1.40. The first-order valence-corrected chi connectivity index (χ1v) is 13.0. The van der Waals surface area contributed by atoms with Crippen LogP contribution in [-0.4, -0.2) is 13.0 Å². The Morgan fingerprint density at radius 3 is 2.45 bits per heavy atom. The highest BCUT2D eigenvalue weighted by atomic mass is 32.3. The standard InChI is InChI=1S/C21H31O8PS/c1-5-6-7-8-16-12-19(28-30(22,23)24)21(20(13-16)29-31(25,26)27)18-11-15(4)9-10-17(18)14(2)3/h11-13,17-18H,2,5-10H2,1,3-4H3,(H2,22,23,24)(H,25,26,27)/p-3/t17-,18+/m0/s1. The number of benzene rings is 1. The molecule has 0 spiro atoms. The summed E-state index contributed by atoms with van der Waals surface area (Å²) in [6, 6.07) is 2.81. The van der Waals surface area contributed by atoms with Crippen molar-refractivity contribution in [3.05, 3.63) is 47.1 Å². The van der Waals surface area contributed by atoms with Gasteiger partial charge in [-0.3, -0.25) is 0 Å². The molecule has 174 valence electrons. The minimum Gasteiger partial charge on any atom is -0.780 e. The SMILES string of the molecule is C=C(C)[C@@H]1CCC(C)=C[C@H]1c1c(OP(=O)([O-])[O-])cc(CCCCC)cc1OS(=O)(=O)[O-]. The molecule has 0 saturated heterocycles. The molecule has 0 radical (unpaired) electrons. The minimum absolute atomic E-state index is 0.0395. The molecule has 0 fully saturated rings. The van der Waals surface area contributed by atoms with E-state index in [9.17, 15) is 27.3 Å². The summed E-state index contributed by atoms with van der Waals surface area (Å²) in [7, 11) is -10.6. The highest BCUT2D eigenvalue weighted by molar-refractivity contribution is 7.81. The van der Waals surface area contributed by atoms with Crippen molar-refractivity contribution in [3.63, 3.8) is 0 Å². The van der Waals surface area contributed by atoms with Crippen molar-refractivity contribution in [2.45, 2.75) is 65.2 Å². The third-order valence-corrected chi connectivity index (χ3v) is 6.15. The van der Waals surface area contributed by atoms with Crippen LogP contribution in [-0.2, 0) is 21.4 Å². The molecule has 0 aromatic heterocycles. The van der Waals surface area contributed by atoms with Crippen LogP contribution < -0.4 is 18.5 Å². The van der Waals surface area contributed by atoms with E-state index in [1.807, 2.05) is 26.8 Å². The summed E-state index contributed by atoms with van der Waals surface area (Å²) in [6.07, 6.45) is 6.31. The van der Waals surface area contributed by atoms with Gasteiger partial charge in [0.05, 0.1) is 0 Å². The van der Waals surface area contributed by atoms with E-state index >= 15 is 0 Å². The normalized spacial score (nSPS) is 19.6. The quantitative estimate of drug-likeness (QED) is 0.166. The lowest BCUT2D eigenvalue weighted by Crippen LogP contribution is -2.22. The van der Waals surface area contributed by atoms with Gasteiger partial charge in [0.15, 0.2) is 0 Å². The number of unbranched alkanes of at least 4 members (excludes halogenated alkanes) is 2. The van der Waals surface area contributed by atoms with Crippen LogP contribution in [0, 0.1) is 5.92 Å². The number of rotatable bonds is 10. The molecular weight excluding hydrogens is 443 g/mol. The lowest BCUT2D eigenvalue weighted by Gasteiger charge is -2.36. The Balaban J connectivity index is 2.75. The fourth-order valence-corrected chi connectivity index (χ4v) is 4.74. The van der Waals surface area contributed by atoms with Gasteiger partial charge in [0.2, 0.25) is 0 Å². The number of hydrogen-bond donors (Lipinski definition) is 0. The van der Waals surface area contributed by atoms with Gasteiger partial charge in [-0.2, -0.15) is 0 Å². The van der Waals surface area contributed by atoms with Crippen molar-refractivity contribution in [1.82, 2.24) is 0 Å². The van der Waals surface area contributed by atoms with Crippen molar-refractivity contribution >= 4 is 18.2 Å². The van der Waals surface area contributed by atoms with Gasteiger partial charge < -0.3 is 27.6 Å². The molecule has 0 bridgehead atoms. The van der Waals surface area contributed by atoms with E-state index in [0.717, 1.165) is 36.8 Å². The number of hydrogen-bond acceptors (Lipinski definition) is 8. The fraction of sp³-hybridized carbons (Fsp3) is 0.524. The zero-order valence-corrected chi connectivity index (χ0v) is 19.7. The maximum Gasteiger partial charge on any atom is 0.262 e. The van der Waals surface area contributed by atoms with Gasteiger partial charge in [-0.15, -0.1) is 0 Å². The molecule has 0 heterocycles.